The molecule has 0 aromatic heterocycles. The first-order chi connectivity index (χ1) is 17.6. The molecule has 0 amide bonds. The molecule has 1 N–H and O–H groups in total. The van der Waals surface area contributed by atoms with Gasteiger partial charge in [-0.15, -0.1) is 5.06 Å². The van der Waals surface area contributed by atoms with E-state index in [0.717, 1.165) is 30.2 Å². The molecular weight excluding hydrogens is 450 g/mol. The van der Waals surface area contributed by atoms with E-state index in [-0.39, 0.29) is 5.06 Å². The van der Waals surface area contributed by atoms with Crippen molar-refractivity contribution in [2.24, 2.45) is 0 Å². The van der Waals surface area contributed by atoms with Gasteiger partial charge in [-0.05, 0) is 60.5 Å². The van der Waals surface area contributed by atoms with Gasteiger partial charge in [0.2, 0.25) is 0 Å². The lowest BCUT2D eigenvalue weighted by molar-refractivity contribution is -0.714. The van der Waals surface area contributed by atoms with E-state index in [1.54, 1.807) is 36.7 Å². The molecule has 0 fully saturated rings. The van der Waals surface area contributed by atoms with Crippen molar-refractivity contribution in [3.63, 3.8) is 0 Å². The molecule has 1 atom stereocenters. The van der Waals surface area contributed by atoms with Crippen molar-refractivity contribution in [3.05, 3.63) is 132 Å². The fourth-order valence-corrected chi connectivity index (χ4v) is 3.57. The Balaban J connectivity index is 1.26. The molecule has 0 aliphatic rings. The van der Waals surface area contributed by atoms with Gasteiger partial charge >= 0.3 is 0 Å². The van der Waals surface area contributed by atoms with E-state index >= 15 is 0 Å². The lowest BCUT2D eigenvalue weighted by Crippen LogP contribution is -2.96. The van der Waals surface area contributed by atoms with E-state index in [1.807, 2.05) is 96.9 Å². The third kappa shape index (κ3) is 7.45. The molecule has 4 aromatic carbocycles. The highest BCUT2D eigenvalue weighted by Crippen LogP contribution is 2.22. The van der Waals surface area contributed by atoms with Crippen molar-refractivity contribution >= 4 is 11.4 Å². The maximum Gasteiger partial charge on any atom is 0.147 e. The van der Waals surface area contributed by atoms with Crippen LogP contribution in [0.5, 0.6) is 17.2 Å². The number of para-hydroxylation sites is 1. The van der Waals surface area contributed by atoms with Crippen LogP contribution >= 0.6 is 0 Å². The highest BCUT2D eigenvalue weighted by atomic mass is 16.7. The van der Waals surface area contributed by atoms with E-state index in [4.69, 9.17) is 9.57 Å². The van der Waals surface area contributed by atoms with E-state index in [1.165, 1.54) is 5.56 Å². The maximum absolute atomic E-state index is 12.6. The first-order valence-corrected chi connectivity index (χ1v) is 11.9. The molecular formula is C30H31N3O3. The summed E-state index contributed by atoms with van der Waals surface area (Å²) in [7, 11) is 3.83. The Morgan fingerprint density at radius 1 is 0.722 bits per heavy atom. The van der Waals surface area contributed by atoms with Gasteiger partial charge in [-0.3, -0.25) is 0 Å². The summed E-state index contributed by atoms with van der Waals surface area (Å²) in [5, 5.41) is 14.4. The second-order valence-electron chi connectivity index (χ2n) is 8.40. The van der Waals surface area contributed by atoms with Crippen molar-refractivity contribution in [2.75, 3.05) is 25.5 Å². The van der Waals surface area contributed by atoms with Gasteiger partial charge in [-0.1, -0.05) is 48.5 Å². The van der Waals surface area contributed by atoms with Crippen LogP contribution in [0.3, 0.4) is 0 Å². The Bertz CT molecular complexity index is 1210. The van der Waals surface area contributed by atoms with Crippen molar-refractivity contribution in [1.82, 2.24) is 5.06 Å². The lowest BCUT2D eigenvalue weighted by Gasteiger charge is -2.20. The SMILES string of the molecule is CN(CCc1ccccc1)Oc1ccc(N(C)/C=C\[NH+]([O-])c2ccc(Oc3ccccc3)cc2)cc1. The first-order valence-electron chi connectivity index (χ1n) is 11.9. The normalized spacial score (nSPS) is 12.0. The molecule has 0 spiro atoms. The summed E-state index contributed by atoms with van der Waals surface area (Å²) in [6, 6.07) is 34.8. The number of anilines is 1. The topological polar surface area (TPSA) is 52.4 Å². The quantitative estimate of drug-likeness (QED) is 0.284. The van der Waals surface area contributed by atoms with Gasteiger partial charge in [0.15, 0.2) is 0 Å². The zero-order valence-corrected chi connectivity index (χ0v) is 20.6. The summed E-state index contributed by atoms with van der Waals surface area (Å²) in [4.78, 5) is 7.80. The number of likely N-dealkylation sites (N-methyl/N-ethyl adjacent to an activating group) is 1. The molecule has 6 heteroatoms. The number of hydroxylamine groups is 3. The van der Waals surface area contributed by atoms with Crippen molar-refractivity contribution in [2.45, 2.75) is 6.42 Å². The molecule has 36 heavy (non-hydrogen) atoms. The van der Waals surface area contributed by atoms with Crippen molar-refractivity contribution in [1.29, 1.82) is 0 Å². The van der Waals surface area contributed by atoms with Gasteiger partial charge in [0.1, 0.15) is 29.1 Å². The minimum atomic E-state index is -0.0758. The molecule has 184 valence electrons. The average Bonchev–Trinajstić information content (AvgIpc) is 2.92. The molecule has 0 aliphatic heterocycles. The highest BCUT2D eigenvalue weighted by Gasteiger charge is 2.05. The van der Waals surface area contributed by atoms with Crippen LogP contribution in [0, 0.1) is 5.21 Å². The second kappa shape index (κ2) is 12.6. The highest BCUT2D eigenvalue weighted by molar-refractivity contribution is 5.50. The van der Waals surface area contributed by atoms with Gasteiger partial charge in [-0.2, -0.15) is 0 Å². The average molecular weight is 482 g/mol. The molecule has 1 unspecified atom stereocenters. The monoisotopic (exact) mass is 481 g/mol. The third-order valence-corrected chi connectivity index (χ3v) is 5.63. The van der Waals surface area contributed by atoms with E-state index in [9.17, 15) is 5.21 Å². The molecule has 0 saturated heterocycles. The zero-order chi connectivity index (χ0) is 25.2. The predicted molar refractivity (Wildman–Crippen MR) is 144 cm³/mol. The Kier molecular flexibility index (Phi) is 8.72. The van der Waals surface area contributed by atoms with Crippen LogP contribution in [0.2, 0.25) is 0 Å². The van der Waals surface area contributed by atoms with E-state index < -0.39 is 0 Å². The van der Waals surface area contributed by atoms with E-state index in [0.29, 0.717) is 11.4 Å². The van der Waals surface area contributed by atoms with Crippen LogP contribution in [-0.4, -0.2) is 25.7 Å². The number of rotatable bonds is 11. The predicted octanol–water partition coefficient (Wildman–Crippen LogP) is 5.57. The van der Waals surface area contributed by atoms with Crippen LogP contribution in [-0.2, 0) is 6.42 Å². The number of nitrogens with zero attached hydrogens (tertiary/aromatic N) is 2. The molecule has 0 aliphatic carbocycles. The standard InChI is InChI=1S/C30H31N3O3/c1-31(23-24-33(34)27-15-17-29(18-16-27)35-28-11-7-4-8-12-28)26-13-19-30(20-14-26)36-32(2)22-21-25-9-5-3-6-10-25/h3-20,23-24,33H,21-22H2,1-2H3/b24-23-. The van der Waals surface area contributed by atoms with Crippen molar-refractivity contribution in [3.8, 4) is 17.2 Å². The van der Waals surface area contributed by atoms with Gasteiger partial charge in [0.25, 0.3) is 0 Å². The van der Waals surface area contributed by atoms with Crippen LogP contribution in [0.15, 0.2) is 122 Å². The summed E-state index contributed by atoms with van der Waals surface area (Å²) in [5.74, 6) is 2.21. The van der Waals surface area contributed by atoms with E-state index in [2.05, 4.69) is 12.1 Å². The second-order valence-corrected chi connectivity index (χ2v) is 8.40. The third-order valence-electron chi connectivity index (χ3n) is 5.63. The Morgan fingerprint density at radius 3 is 1.97 bits per heavy atom. The molecule has 0 heterocycles. The Labute approximate surface area is 212 Å². The minimum Gasteiger partial charge on any atom is -0.624 e. The molecule has 0 bridgehead atoms. The number of benzene rings is 4. The van der Waals surface area contributed by atoms with Gasteiger partial charge in [-0.25, -0.2) is 0 Å². The summed E-state index contributed by atoms with van der Waals surface area (Å²) in [5.41, 5.74) is 2.83. The van der Waals surface area contributed by atoms with Crippen LogP contribution in [0.4, 0.5) is 11.4 Å². The zero-order valence-electron chi connectivity index (χ0n) is 20.6. The van der Waals surface area contributed by atoms with Gasteiger partial charge in [0.05, 0.1) is 6.20 Å². The summed E-state index contributed by atoms with van der Waals surface area (Å²) < 4.78 is 5.79. The Hall–Kier alpha value is -4.10. The van der Waals surface area contributed by atoms with Gasteiger partial charge in [0, 0.05) is 38.5 Å². The lowest BCUT2D eigenvalue weighted by atomic mass is 10.1. The number of quaternary nitrogens is 1. The number of ether oxygens (including phenoxy) is 1. The van der Waals surface area contributed by atoms with Crippen molar-refractivity contribution < 1.29 is 14.6 Å². The fourth-order valence-electron chi connectivity index (χ4n) is 3.57. The smallest absolute Gasteiger partial charge is 0.147 e. The van der Waals surface area contributed by atoms with Crippen LogP contribution in [0.1, 0.15) is 5.56 Å². The van der Waals surface area contributed by atoms with Crippen LogP contribution < -0.4 is 19.5 Å². The molecule has 6 nitrogen and oxygen atoms in total. The molecule has 4 rings (SSSR count). The first kappa shape index (κ1) is 25.0. The number of nitrogens with one attached hydrogen (secondary N) is 1. The van der Waals surface area contributed by atoms with Gasteiger partial charge < -0.3 is 24.7 Å². The largest absolute Gasteiger partial charge is 0.624 e. The number of hydrogen-bond acceptors (Lipinski definition) is 5. The number of hydrogen-bond donors (Lipinski definition) is 1. The summed E-state index contributed by atoms with van der Waals surface area (Å²) >= 11 is 0. The maximum atomic E-state index is 12.6. The Morgan fingerprint density at radius 2 is 1.31 bits per heavy atom. The molecule has 0 radical (unpaired) electrons. The molecule has 0 saturated carbocycles. The minimum absolute atomic E-state index is 0.0758. The fraction of sp³-hybridized carbons (Fsp3) is 0.133. The summed E-state index contributed by atoms with van der Waals surface area (Å²) in [6.07, 6.45) is 4.24. The van der Waals surface area contributed by atoms with Crippen LogP contribution in [0.25, 0.3) is 0 Å². The molecule has 4 aromatic rings. The summed E-state index contributed by atoms with van der Waals surface area (Å²) in [6.45, 7) is 0.788.